The van der Waals surface area contributed by atoms with Crippen LogP contribution < -0.4 is 10.1 Å². The summed E-state index contributed by atoms with van der Waals surface area (Å²) in [6.45, 7) is 0.275. The summed E-state index contributed by atoms with van der Waals surface area (Å²) in [5.41, 5.74) is 1.21. The van der Waals surface area contributed by atoms with Crippen molar-refractivity contribution < 1.29 is 23.4 Å². The van der Waals surface area contributed by atoms with Crippen LogP contribution in [0.5, 0.6) is 11.6 Å². The summed E-state index contributed by atoms with van der Waals surface area (Å²) in [6, 6.07) is 13.7. The minimum absolute atomic E-state index is 0.0106. The highest BCUT2D eigenvalue weighted by Crippen LogP contribution is 2.40. The number of hydrogen-bond donors (Lipinski definition) is 2. The lowest BCUT2D eigenvalue weighted by atomic mass is 9.75. The molecule has 0 unspecified atom stereocenters. The molecule has 1 amide bonds. The predicted octanol–water partition coefficient (Wildman–Crippen LogP) is 4.45. The van der Waals surface area contributed by atoms with Gasteiger partial charge in [-0.1, -0.05) is 24.3 Å². The van der Waals surface area contributed by atoms with Crippen LogP contribution in [0.15, 0.2) is 60.8 Å². The molecule has 1 aromatic heterocycles. The summed E-state index contributed by atoms with van der Waals surface area (Å²) in [5, 5.41) is 13.2. The van der Waals surface area contributed by atoms with Crippen molar-refractivity contribution in [2.75, 3.05) is 0 Å². The third kappa shape index (κ3) is 4.16. The summed E-state index contributed by atoms with van der Waals surface area (Å²) in [7, 11) is 0. The second kappa shape index (κ2) is 8.20. The normalized spacial score (nSPS) is 14.6. The fourth-order valence-corrected chi connectivity index (χ4v) is 3.31. The highest BCUT2D eigenvalue weighted by atomic mass is 19.2. The first kappa shape index (κ1) is 20.0. The lowest BCUT2D eigenvalue weighted by Crippen LogP contribution is -2.33. The van der Waals surface area contributed by atoms with E-state index >= 15 is 0 Å². The van der Waals surface area contributed by atoms with Crippen LogP contribution in [0.1, 0.15) is 40.7 Å². The van der Waals surface area contributed by atoms with Crippen molar-refractivity contribution in [3.05, 3.63) is 89.1 Å². The zero-order chi connectivity index (χ0) is 21.1. The quantitative estimate of drug-likeness (QED) is 0.630. The predicted molar refractivity (Wildman–Crippen MR) is 106 cm³/mol. The number of aliphatic hydroxyl groups is 1. The highest BCUT2D eigenvalue weighted by molar-refractivity contribution is 5.96. The monoisotopic (exact) mass is 410 g/mol. The van der Waals surface area contributed by atoms with E-state index in [9.17, 15) is 18.7 Å². The van der Waals surface area contributed by atoms with Gasteiger partial charge in [-0.05, 0) is 54.7 Å². The molecule has 0 spiro atoms. The molecule has 3 aromatic rings. The summed E-state index contributed by atoms with van der Waals surface area (Å²) in [4.78, 5) is 16.7. The van der Waals surface area contributed by atoms with Crippen molar-refractivity contribution in [1.82, 2.24) is 10.3 Å². The number of carbonyl (C=O) groups excluding carboxylic acids is 1. The van der Waals surface area contributed by atoms with Gasteiger partial charge >= 0.3 is 0 Å². The molecule has 154 valence electrons. The Morgan fingerprint density at radius 1 is 1.10 bits per heavy atom. The van der Waals surface area contributed by atoms with E-state index in [1.807, 2.05) is 24.3 Å². The number of aromatic nitrogens is 1. The van der Waals surface area contributed by atoms with Gasteiger partial charge < -0.3 is 15.2 Å². The van der Waals surface area contributed by atoms with Crippen LogP contribution in [0.2, 0.25) is 0 Å². The van der Waals surface area contributed by atoms with E-state index in [-0.39, 0.29) is 23.7 Å². The van der Waals surface area contributed by atoms with Crippen molar-refractivity contribution in [3.63, 3.8) is 0 Å². The zero-order valence-electron chi connectivity index (χ0n) is 16.1. The Morgan fingerprint density at radius 2 is 1.87 bits per heavy atom. The van der Waals surface area contributed by atoms with Crippen LogP contribution in [0.3, 0.4) is 0 Å². The first-order valence-electron chi connectivity index (χ1n) is 9.62. The molecule has 1 saturated carbocycles. The molecule has 0 radical (unpaired) electrons. The molecule has 4 rings (SSSR count). The number of rotatable bonds is 6. The maximum Gasteiger partial charge on any atom is 0.257 e. The van der Waals surface area contributed by atoms with Crippen LogP contribution in [0.4, 0.5) is 8.78 Å². The molecule has 2 aromatic carbocycles. The van der Waals surface area contributed by atoms with E-state index in [0.717, 1.165) is 42.5 Å². The number of ether oxygens (including phenoxy) is 1. The van der Waals surface area contributed by atoms with Crippen molar-refractivity contribution in [1.29, 1.82) is 0 Å². The molecular weight excluding hydrogens is 390 g/mol. The number of nitrogens with zero attached hydrogens (tertiary/aromatic N) is 1. The minimum Gasteiger partial charge on any atom is -0.438 e. The highest BCUT2D eigenvalue weighted by Gasteiger charge is 2.35. The summed E-state index contributed by atoms with van der Waals surface area (Å²) in [5.74, 6) is -2.43. The maximum atomic E-state index is 13.4. The smallest absolute Gasteiger partial charge is 0.257 e. The topological polar surface area (TPSA) is 71.5 Å². The van der Waals surface area contributed by atoms with E-state index in [0.29, 0.717) is 0 Å². The van der Waals surface area contributed by atoms with Gasteiger partial charge in [-0.15, -0.1) is 0 Å². The van der Waals surface area contributed by atoms with E-state index in [4.69, 9.17) is 4.74 Å². The first-order valence-corrected chi connectivity index (χ1v) is 9.62. The van der Waals surface area contributed by atoms with Gasteiger partial charge in [0.25, 0.3) is 5.91 Å². The molecule has 2 N–H and O–H groups in total. The van der Waals surface area contributed by atoms with Gasteiger partial charge in [0, 0.05) is 18.8 Å². The number of carbonyl (C=O) groups is 1. The van der Waals surface area contributed by atoms with Crippen LogP contribution in [0, 0.1) is 11.6 Å². The van der Waals surface area contributed by atoms with Gasteiger partial charge in [0.05, 0.1) is 5.60 Å². The molecule has 0 bridgehead atoms. The Morgan fingerprint density at radius 3 is 2.53 bits per heavy atom. The van der Waals surface area contributed by atoms with Gasteiger partial charge in [-0.2, -0.15) is 0 Å². The number of pyridine rings is 1. The molecule has 1 aliphatic rings. The lowest BCUT2D eigenvalue weighted by Gasteiger charge is -2.37. The zero-order valence-corrected chi connectivity index (χ0v) is 16.1. The molecule has 0 saturated heterocycles. The fourth-order valence-electron chi connectivity index (χ4n) is 3.31. The Hall–Kier alpha value is -3.32. The van der Waals surface area contributed by atoms with Crippen molar-refractivity contribution in [2.24, 2.45) is 0 Å². The first-order chi connectivity index (χ1) is 14.4. The van der Waals surface area contributed by atoms with E-state index in [2.05, 4.69) is 10.3 Å². The van der Waals surface area contributed by atoms with Gasteiger partial charge in [-0.25, -0.2) is 13.8 Å². The van der Waals surface area contributed by atoms with E-state index < -0.39 is 23.1 Å². The SMILES string of the molecule is O=C(NCc1ccc(C2(O)CCC2)cc1)c1cccnc1Oc1ccc(F)c(F)c1. The molecule has 1 heterocycles. The Balaban J connectivity index is 1.43. The molecule has 5 nitrogen and oxygen atoms in total. The van der Waals surface area contributed by atoms with Crippen LogP contribution in [0.25, 0.3) is 0 Å². The number of amides is 1. The standard InChI is InChI=1S/C23H20F2N2O3/c24-19-9-8-17(13-20(19)25)30-22-18(3-1-12-26-22)21(28)27-14-15-4-6-16(7-5-15)23(29)10-2-11-23/h1,3-9,12-13,29H,2,10-11,14H2,(H,27,28). The average molecular weight is 410 g/mol. The number of nitrogens with one attached hydrogen (secondary N) is 1. The largest absolute Gasteiger partial charge is 0.438 e. The second-order valence-electron chi connectivity index (χ2n) is 7.30. The minimum atomic E-state index is -1.05. The summed E-state index contributed by atoms with van der Waals surface area (Å²) in [6.07, 6.45) is 4.00. The molecule has 30 heavy (non-hydrogen) atoms. The van der Waals surface area contributed by atoms with E-state index in [1.54, 1.807) is 6.07 Å². The van der Waals surface area contributed by atoms with Crippen molar-refractivity contribution in [3.8, 4) is 11.6 Å². The molecule has 0 aliphatic heterocycles. The Bertz CT molecular complexity index is 1070. The number of hydrogen-bond acceptors (Lipinski definition) is 4. The maximum absolute atomic E-state index is 13.4. The van der Waals surface area contributed by atoms with Crippen molar-refractivity contribution in [2.45, 2.75) is 31.4 Å². The van der Waals surface area contributed by atoms with Gasteiger partial charge in [0.15, 0.2) is 11.6 Å². The van der Waals surface area contributed by atoms with Crippen LogP contribution in [-0.4, -0.2) is 16.0 Å². The van der Waals surface area contributed by atoms with Crippen molar-refractivity contribution >= 4 is 5.91 Å². The summed E-state index contributed by atoms with van der Waals surface area (Å²) < 4.78 is 32.0. The third-order valence-corrected chi connectivity index (χ3v) is 5.25. The fraction of sp³-hybridized carbons (Fsp3) is 0.217. The molecule has 1 fully saturated rings. The third-order valence-electron chi connectivity index (χ3n) is 5.25. The van der Waals surface area contributed by atoms with Crippen LogP contribution in [-0.2, 0) is 12.1 Å². The Kier molecular flexibility index (Phi) is 5.46. The number of halogens is 2. The molecule has 1 aliphatic carbocycles. The number of benzene rings is 2. The van der Waals surface area contributed by atoms with Gasteiger partial charge in [0.1, 0.15) is 11.3 Å². The average Bonchev–Trinajstić information content (AvgIpc) is 2.74. The summed E-state index contributed by atoms with van der Waals surface area (Å²) >= 11 is 0. The van der Waals surface area contributed by atoms with Crippen LogP contribution >= 0.6 is 0 Å². The Labute approximate surface area is 172 Å². The van der Waals surface area contributed by atoms with Gasteiger partial charge in [0.2, 0.25) is 5.88 Å². The van der Waals surface area contributed by atoms with Gasteiger partial charge in [-0.3, -0.25) is 4.79 Å². The second-order valence-corrected chi connectivity index (χ2v) is 7.30. The molecule has 7 heteroatoms. The molecular formula is C23H20F2N2O3. The lowest BCUT2D eigenvalue weighted by molar-refractivity contribution is -0.0388. The van der Waals surface area contributed by atoms with E-state index in [1.165, 1.54) is 18.3 Å². The molecule has 0 atom stereocenters.